The molecule has 10 N–H and O–H groups in total. The summed E-state index contributed by atoms with van der Waals surface area (Å²) in [6.45, 7) is 2.61. The molecular weight excluding hydrogens is 350 g/mol. The first kappa shape index (κ1) is 22.4. The summed E-state index contributed by atoms with van der Waals surface area (Å²) in [5.41, 5.74) is 20.8. The highest BCUT2D eigenvalue weighted by Gasteiger charge is 2.09. The number of aryl methyl sites for hydroxylation is 1. The largest absolute Gasteiger partial charge is 0.370 e. The summed E-state index contributed by atoms with van der Waals surface area (Å²) in [7, 11) is 0. The lowest BCUT2D eigenvalue weighted by atomic mass is 10.1. The molecule has 0 aliphatic heterocycles. The molecule has 1 rings (SSSR count). The van der Waals surface area contributed by atoms with Gasteiger partial charge in [-0.25, -0.2) is 9.59 Å². The molecule has 1 heterocycles. The van der Waals surface area contributed by atoms with E-state index in [1.807, 2.05) is 0 Å². The summed E-state index contributed by atoms with van der Waals surface area (Å²) >= 11 is 0. The van der Waals surface area contributed by atoms with Gasteiger partial charge in [0.25, 0.3) is 0 Å². The predicted octanol–water partition coefficient (Wildman–Crippen LogP) is -1.13. The zero-order valence-electron chi connectivity index (χ0n) is 15.6. The van der Waals surface area contributed by atoms with Crippen molar-refractivity contribution < 1.29 is 4.79 Å². The van der Waals surface area contributed by atoms with E-state index >= 15 is 0 Å². The van der Waals surface area contributed by atoms with Gasteiger partial charge in [-0.15, -0.1) is 0 Å². The van der Waals surface area contributed by atoms with Crippen LogP contribution in [0.5, 0.6) is 0 Å². The monoisotopic (exact) mass is 381 g/mol. The molecule has 0 saturated carbocycles. The number of hydrogen-bond donors (Lipinski definition) is 6. The number of guanidine groups is 1. The van der Waals surface area contributed by atoms with E-state index in [1.165, 1.54) is 4.57 Å². The Morgan fingerprint density at radius 2 is 1.96 bits per heavy atom. The van der Waals surface area contributed by atoms with Crippen LogP contribution in [0.25, 0.3) is 0 Å². The summed E-state index contributed by atoms with van der Waals surface area (Å²) in [6, 6.07) is 1.08. The van der Waals surface area contributed by atoms with Crippen LogP contribution in [0.15, 0.2) is 22.1 Å². The zero-order valence-corrected chi connectivity index (χ0v) is 15.6. The van der Waals surface area contributed by atoms with Crippen molar-refractivity contribution in [1.82, 2.24) is 14.9 Å². The molecule has 0 fully saturated rings. The van der Waals surface area contributed by atoms with Crippen molar-refractivity contribution in [2.75, 3.05) is 25.0 Å². The van der Waals surface area contributed by atoms with Crippen LogP contribution in [0.3, 0.4) is 0 Å². The van der Waals surface area contributed by atoms with Gasteiger partial charge in [0, 0.05) is 25.3 Å². The topological polar surface area (TPSA) is 192 Å². The molecule has 0 radical (unpaired) electrons. The van der Waals surface area contributed by atoms with Crippen molar-refractivity contribution >= 4 is 17.8 Å². The van der Waals surface area contributed by atoms with Crippen molar-refractivity contribution in [3.8, 4) is 0 Å². The summed E-state index contributed by atoms with van der Waals surface area (Å²) in [5, 5.41) is 5.76. The van der Waals surface area contributed by atoms with Gasteiger partial charge in [0.1, 0.15) is 5.82 Å². The van der Waals surface area contributed by atoms with Crippen LogP contribution in [0, 0.1) is 0 Å². The molecule has 152 valence electrons. The van der Waals surface area contributed by atoms with E-state index in [0.29, 0.717) is 25.7 Å². The molecule has 2 amide bonds. The Kier molecular flexibility index (Phi) is 10.5. The molecule has 1 aromatic rings. The number of amides is 2. The molecule has 1 aromatic heterocycles. The number of nitrogens with zero attached hydrogens (tertiary/aromatic N) is 3. The molecule has 1 atom stereocenters. The van der Waals surface area contributed by atoms with Gasteiger partial charge in [0.2, 0.25) is 0 Å². The highest BCUT2D eigenvalue weighted by Crippen LogP contribution is 2.07. The normalized spacial score (nSPS) is 11.7. The third kappa shape index (κ3) is 10.2. The Morgan fingerprint density at radius 1 is 1.22 bits per heavy atom. The molecule has 0 unspecified atom stereocenters. The van der Waals surface area contributed by atoms with Crippen molar-refractivity contribution in [3.63, 3.8) is 0 Å². The second kappa shape index (κ2) is 12.7. The SMILES string of the molecule is NCCCN[C@@H](CCCN=C(N)N)CCCn1ccc(NC(N)=O)nc1=O. The standard InChI is InChI=1S/C16H31N9O2/c17-7-3-9-21-12(4-1-8-22-14(18)19)5-2-10-25-11-6-13(23-15(20)26)24-16(25)27/h6,11-12,21H,1-5,7-10,17H2,(H4,18,19,22)(H3,20,23,24,26,27)/t12-/m0/s1. The van der Waals surface area contributed by atoms with E-state index in [1.54, 1.807) is 12.3 Å². The number of anilines is 1. The number of nitrogens with two attached hydrogens (primary N) is 4. The molecule has 0 aliphatic carbocycles. The number of rotatable bonds is 13. The van der Waals surface area contributed by atoms with Crippen molar-refractivity contribution in [2.24, 2.45) is 27.9 Å². The number of aromatic nitrogens is 2. The zero-order chi connectivity index (χ0) is 20.1. The number of primary amides is 1. The van der Waals surface area contributed by atoms with Crippen LogP contribution in [-0.2, 0) is 6.54 Å². The quantitative estimate of drug-likeness (QED) is 0.141. The van der Waals surface area contributed by atoms with Crippen LogP contribution >= 0.6 is 0 Å². The van der Waals surface area contributed by atoms with Crippen LogP contribution in [-0.4, -0.2) is 47.2 Å². The van der Waals surface area contributed by atoms with Gasteiger partial charge in [-0.1, -0.05) is 0 Å². The summed E-state index contributed by atoms with van der Waals surface area (Å²) in [4.78, 5) is 30.5. The maximum Gasteiger partial charge on any atom is 0.349 e. The number of carbonyl (C=O) groups is 1. The molecule has 0 bridgehead atoms. The second-order valence-corrected chi connectivity index (χ2v) is 6.16. The van der Waals surface area contributed by atoms with Crippen molar-refractivity contribution in [1.29, 1.82) is 0 Å². The van der Waals surface area contributed by atoms with E-state index in [9.17, 15) is 9.59 Å². The Labute approximate surface area is 158 Å². The fourth-order valence-corrected chi connectivity index (χ4v) is 2.61. The summed E-state index contributed by atoms with van der Waals surface area (Å²) in [5.74, 6) is 0.244. The average Bonchev–Trinajstić information content (AvgIpc) is 2.59. The van der Waals surface area contributed by atoms with Gasteiger partial charge in [-0.2, -0.15) is 4.98 Å². The lowest BCUT2D eigenvalue weighted by Gasteiger charge is -2.18. The fourth-order valence-electron chi connectivity index (χ4n) is 2.61. The fraction of sp³-hybridized carbons (Fsp3) is 0.625. The smallest absolute Gasteiger partial charge is 0.349 e. The summed E-state index contributed by atoms with van der Waals surface area (Å²) < 4.78 is 1.50. The van der Waals surface area contributed by atoms with Gasteiger partial charge in [0.15, 0.2) is 5.96 Å². The second-order valence-electron chi connectivity index (χ2n) is 6.16. The third-order valence-electron chi connectivity index (χ3n) is 3.90. The van der Waals surface area contributed by atoms with Crippen molar-refractivity contribution in [2.45, 2.75) is 44.7 Å². The Morgan fingerprint density at radius 3 is 2.59 bits per heavy atom. The average molecular weight is 381 g/mol. The minimum absolute atomic E-state index is 0.101. The first-order valence-corrected chi connectivity index (χ1v) is 9.05. The molecule has 0 aromatic carbocycles. The number of carbonyl (C=O) groups excluding carboxylic acids is 1. The minimum atomic E-state index is -0.758. The number of urea groups is 1. The Bertz CT molecular complexity index is 656. The molecule has 11 nitrogen and oxygen atoms in total. The van der Waals surface area contributed by atoms with Crippen LogP contribution < -0.4 is 39.3 Å². The van der Waals surface area contributed by atoms with E-state index in [4.69, 9.17) is 22.9 Å². The Hall–Kier alpha value is -2.66. The van der Waals surface area contributed by atoms with Gasteiger partial charge in [0.05, 0.1) is 0 Å². The third-order valence-corrected chi connectivity index (χ3v) is 3.90. The first-order valence-electron chi connectivity index (χ1n) is 9.05. The lowest BCUT2D eigenvalue weighted by molar-refractivity contribution is 0.259. The predicted molar refractivity (Wildman–Crippen MR) is 106 cm³/mol. The van der Waals surface area contributed by atoms with Crippen LogP contribution in [0.4, 0.5) is 10.6 Å². The van der Waals surface area contributed by atoms with Gasteiger partial charge < -0.3 is 28.3 Å². The molecule has 11 heteroatoms. The highest BCUT2D eigenvalue weighted by molar-refractivity contribution is 5.86. The van der Waals surface area contributed by atoms with Crippen LogP contribution in [0.1, 0.15) is 32.1 Å². The first-order chi connectivity index (χ1) is 12.9. The van der Waals surface area contributed by atoms with E-state index in [2.05, 4.69) is 20.6 Å². The van der Waals surface area contributed by atoms with E-state index in [-0.39, 0.29) is 11.8 Å². The summed E-state index contributed by atoms with van der Waals surface area (Å²) in [6.07, 6.45) is 5.98. The van der Waals surface area contributed by atoms with Crippen molar-refractivity contribution in [3.05, 3.63) is 22.7 Å². The highest BCUT2D eigenvalue weighted by atomic mass is 16.2. The van der Waals surface area contributed by atoms with Gasteiger partial charge in [-0.3, -0.25) is 14.9 Å². The lowest BCUT2D eigenvalue weighted by Crippen LogP contribution is -2.32. The minimum Gasteiger partial charge on any atom is -0.370 e. The Balaban J connectivity index is 2.49. The molecule has 0 saturated heterocycles. The molecule has 27 heavy (non-hydrogen) atoms. The van der Waals surface area contributed by atoms with Crippen LogP contribution in [0.2, 0.25) is 0 Å². The van der Waals surface area contributed by atoms with E-state index in [0.717, 1.165) is 38.6 Å². The van der Waals surface area contributed by atoms with Gasteiger partial charge >= 0.3 is 11.7 Å². The molecular formula is C16H31N9O2. The van der Waals surface area contributed by atoms with Gasteiger partial charge in [-0.05, 0) is 51.3 Å². The molecule has 0 aliphatic rings. The number of hydrogen-bond acceptors (Lipinski definition) is 6. The maximum atomic E-state index is 12.0. The van der Waals surface area contributed by atoms with E-state index < -0.39 is 11.7 Å². The molecule has 0 spiro atoms. The number of aliphatic imine (C=N–C) groups is 1. The number of nitrogens with one attached hydrogen (secondary N) is 2. The maximum absolute atomic E-state index is 12.0.